The smallest absolute Gasteiger partial charge is 0.258 e. The number of aromatic nitrogens is 2. The lowest BCUT2D eigenvalue weighted by molar-refractivity contribution is 0.104. The van der Waals surface area contributed by atoms with Gasteiger partial charge in [0.25, 0.3) is 5.56 Å². The fraction of sp³-hybridized carbons (Fsp3) is 0.105. The summed E-state index contributed by atoms with van der Waals surface area (Å²) < 4.78 is 5.15. The number of aryl methyl sites for hydroxylation is 1. The van der Waals surface area contributed by atoms with Crippen LogP contribution in [0.25, 0.3) is 17.0 Å². The van der Waals surface area contributed by atoms with Gasteiger partial charge in [-0.05, 0) is 48.9 Å². The summed E-state index contributed by atoms with van der Waals surface area (Å²) in [5.41, 5.74) is 1.63. The van der Waals surface area contributed by atoms with Crippen molar-refractivity contribution in [3.63, 3.8) is 0 Å². The molecule has 5 heteroatoms. The molecule has 2 aromatic carbocycles. The van der Waals surface area contributed by atoms with E-state index in [1.165, 1.54) is 6.08 Å². The highest BCUT2D eigenvalue weighted by molar-refractivity contribution is 6.08. The Bertz CT molecular complexity index is 1000. The third-order valence-electron chi connectivity index (χ3n) is 3.63. The normalized spacial score (nSPS) is 11.1. The molecule has 24 heavy (non-hydrogen) atoms. The van der Waals surface area contributed by atoms with Gasteiger partial charge in [0.1, 0.15) is 11.6 Å². The number of hydrogen-bond acceptors (Lipinski definition) is 4. The minimum atomic E-state index is -0.246. The number of aromatic amines is 1. The van der Waals surface area contributed by atoms with E-state index in [2.05, 4.69) is 9.97 Å². The highest BCUT2D eigenvalue weighted by Gasteiger charge is 2.07. The van der Waals surface area contributed by atoms with Gasteiger partial charge < -0.3 is 9.72 Å². The van der Waals surface area contributed by atoms with E-state index in [0.717, 1.165) is 11.3 Å². The zero-order chi connectivity index (χ0) is 17.1. The Morgan fingerprint density at radius 1 is 1.21 bits per heavy atom. The van der Waals surface area contributed by atoms with Gasteiger partial charge in [-0.1, -0.05) is 18.2 Å². The van der Waals surface area contributed by atoms with Crippen molar-refractivity contribution in [1.29, 1.82) is 0 Å². The first-order chi connectivity index (χ1) is 11.6. The second-order valence-corrected chi connectivity index (χ2v) is 5.36. The molecule has 0 bridgehead atoms. The molecule has 0 atom stereocenters. The predicted octanol–water partition coefficient (Wildman–Crippen LogP) is 3.14. The minimum Gasteiger partial charge on any atom is -0.497 e. The zero-order valence-corrected chi connectivity index (χ0v) is 13.4. The number of carbonyl (C=O) groups is 1. The summed E-state index contributed by atoms with van der Waals surface area (Å²) in [5.74, 6) is 1.09. The Morgan fingerprint density at radius 3 is 2.83 bits per heavy atom. The summed E-state index contributed by atoms with van der Waals surface area (Å²) in [6.45, 7) is 1.72. The van der Waals surface area contributed by atoms with E-state index in [4.69, 9.17) is 4.74 Å². The monoisotopic (exact) mass is 320 g/mol. The first-order valence-electron chi connectivity index (χ1n) is 7.44. The average Bonchev–Trinajstić information content (AvgIpc) is 2.59. The molecule has 0 fully saturated rings. The predicted molar refractivity (Wildman–Crippen MR) is 93.5 cm³/mol. The van der Waals surface area contributed by atoms with Gasteiger partial charge in [0.05, 0.1) is 18.0 Å². The second kappa shape index (κ2) is 6.50. The number of fused-ring (bicyclic) bond motifs is 1. The van der Waals surface area contributed by atoms with Gasteiger partial charge in [0, 0.05) is 5.56 Å². The molecule has 120 valence electrons. The molecule has 1 aromatic heterocycles. The molecule has 0 aliphatic carbocycles. The summed E-state index contributed by atoms with van der Waals surface area (Å²) in [6.07, 6.45) is 3.19. The number of H-pyrrole nitrogens is 1. The number of rotatable bonds is 4. The number of benzene rings is 2. The van der Waals surface area contributed by atoms with Crippen molar-refractivity contribution in [3.05, 3.63) is 75.8 Å². The van der Waals surface area contributed by atoms with Crippen molar-refractivity contribution in [3.8, 4) is 5.75 Å². The number of carbonyl (C=O) groups excluding carboxylic acids is 1. The second-order valence-electron chi connectivity index (χ2n) is 5.36. The summed E-state index contributed by atoms with van der Waals surface area (Å²) in [6, 6.07) is 12.3. The molecule has 0 aliphatic heterocycles. The SMILES string of the molecule is COc1cccc(/C=C/C(=O)c2ccc3nc(C)[nH]c(=O)c3c2)c1. The van der Waals surface area contributed by atoms with E-state index in [9.17, 15) is 9.59 Å². The molecule has 0 aliphatic rings. The van der Waals surface area contributed by atoms with Crippen LogP contribution in [-0.2, 0) is 0 Å². The average molecular weight is 320 g/mol. The van der Waals surface area contributed by atoms with Crippen molar-refractivity contribution in [2.24, 2.45) is 0 Å². The van der Waals surface area contributed by atoms with E-state index in [1.54, 1.807) is 38.3 Å². The topological polar surface area (TPSA) is 72.0 Å². The first kappa shape index (κ1) is 15.7. The molecule has 0 spiro atoms. The van der Waals surface area contributed by atoms with E-state index >= 15 is 0 Å². The van der Waals surface area contributed by atoms with E-state index in [-0.39, 0.29) is 11.3 Å². The van der Waals surface area contributed by atoms with Gasteiger partial charge in [0.2, 0.25) is 0 Å². The highest BCUT2D eigenvalue weighted by atomic mass is 16.5. The van der Waals surface area contributed by atoms with Gasteiger partial charge in [-0.3, -0.25) is 9.59 Å². The van der Waals surface area contributed by atoms with Crippen LogP contribution in [0.4, 0.5) is 0 Å². The van der Waals surface area contributed by atoms with E-state index < -0.39 is 0 Å². The molecule has 0 saturated heterocycles. The van der Waals surface area contributed by atoms with Crippen molar-refractivity contribution < 1.29 is 9.53 Å². The van der Waals surface area contributed by atoms with E-state index in [0.29, 0.717) is 22.3 Å². The summed E-state index contributed by atoms with van der Waals surface area (Å²) in [4.78, 5) is 31.2. The van der Waals surface area contributed by atoms with Crippen LogP contribution in [0.1, 0.15) is 21.7 Å². The number of ketones is 1. The summed E-state index contributed by atoms with van der Waals surface area (Å²) in [5, 5.41) is 0.404. The lowest BCUT2D eigenvalue weighted by Gasteiger charge is -2.02. The van der Waals surface area contributed by atoms with Gasteiger partial charge in [0.15, 0.2) is 5.78 Å². The Kier molecular flexibility index (Phi) is 4.24. The number of methoxy groups -OCH3 is 1. The van der Waals surface area contributed by atoms with Crippen LogP contribution in [0, 0.1) is 6.92 Å². The Morgan fingerprint density at radius 2 is 2.04 bits per heavy atom. The lowest BCUT2D eigenvalue weighted by Crippen LogP contribution is -2.10. The minimum absolute atomic E-state index is 0.181. The van der Waals surface area contributed by atoms with E-state index in [1.807, 2.05) is 24.3 Å². The molecule has 0 amide bonds. The number of allylic oxidation sites excluding steroid dienone is 1. The highest BCUT2D eigenvalue weighted by Crippen LogP contribution is 2.15. The maximum absolute atomic E-state index is 12.3. The van der Waals surface area contributed by atoms with Gasteiger partial charge in [-0.25, -0.2) is 4.98 Å². The first-order valence-corrected chi connectivity index (χ1v) is 7.44. The van der Waals surface area contributed by atoms with Crippen LogP contribution >= 0.6 is 0 Å². The van der Waals surface area contributed by atoms with Crippen LogP contribution in [0.2, 0.25) is 0 Å². The Balaban J connectivity index is 1.91. The maximum atomic E-state index is 12.3. The van der Waals surface area contributed by atoms with Gasteiger partial charge >= 0.3 is 0 Å². The van der Waals surface area contributed by atoms with Crippen molar-refractivity contribution in [2.45, 2.75) is 6.92 Å². The number of hydrogen-bond donors (Lipinski definition) is 1. The van der Waals surface area contributed by atoms with Crippen LogP contribution < -0.4 is 10.3 Å². The summed E-state index contributed by atoms with van der Waals surface area (Å²) >= 11 is 0. The third-order valence-corrected chi connectivity index (χ3v) is 3.63. The van der Waals surface area contributed by atoms with Crippen LogP contribution in [0.3, 0.4) is 0 Å². The van der Waals surface area contributed by atoms with Gasteiger partial charge in [-0.2, -0.15) is 0 Å². The largest absolute Gasteiger partial charge is 0.497 e. The Labute approximate surface area is 138 Å². The fourth-order valence-electron chi connectivity index (χ4n) is 2.42. The third kappa shape index (κ3) is 3.25. The van der Waals surface area contributed by atoms with Crippen LogP contribution in [0.5, 0.6) is 5.75 Å². The molecule has 5 nitrogen and oxygen atoms in total. The number of nitrogens with zero attached hydrogens (tertiary/aromatic N) is 1. The molecule has 1 heterocycles. The molecular formula is C19H16N2O3. The molecular weight excluding hydrogens is 304 g/mol. The van der Waals surface area contributed by atoms with Crippen LogP contribution in [0.15, 0.2) is 53.3 Å². The molecule has 0 saturated carbocycles. The Hall–Kier alpha value is -3.21. The van der Waals surface area contributed by atoms with Gasteiger partial charge in [-0.15, -0.1) is 0 Å². The maximum Gasteiger partial charge on any atom is 0.258 e. The standard InChI is InChI=1S/C19H16N2O3/c1-12-20-17-8-7-14(11-16(17)19(23)21-12)18(22)9-6-13-4-3-5-15(10-13)24-2/h3-11H,1-2H3,(H,20,21,23)/b9-6+. The zero-order valence-electron chi connectivity index (χ0n) is 13.4. The molecule has 0 unspecified atom stereocenters. The molecule has 3 rings (SSSR count). The molecule has 3 aromatic rings. The molecule has 1 N–H and O–H groups in total. The molecule has 0 radical (unpaired) electrons. The number of nitrogens with one attached hydrogen (secondary N) is 1. The van der Waals surface area contributed by atoms with Crippen molar-refractivity contribution >= 4 is 22.8 Å². The fourth-order valence-corrected chi connectivity index (χ4v) is 2.42. The lowest BCUT2D eigenvalue weighted by atomic mass is 10.1. The summed E-state index contributed by atoms with van der Waals surface area (Å²) in [7, 11) is 1.59. The number of ether oxygens (including phenoxy) is 1. The van der Waals surface area contributed by atoms with Crippen LogP contribution in [-0.4, -0.2) is 22.9 Å². The quantitative estimate of drug-likeness (QED) is 0.592. The van der Waals surface area contributed by atoms with Crippen molar-refractivity contribution in [1.82, 2.24) is 9.97 Å². The van der Waals surface area contributed by atoms with Crippen molar-refractivity contribution in [2.75, 3.05) is 7.11 Å².